The number of nitrogens with one attached hydrogen (secondary N) is 2. The van der Waals surface area contributed by atoms with Crippen LogP contribution in [0.15, 0.2) is 48.5 Å². The van der Waals surface area contributed by atoms with Crippen LogP contribution in [0, 0.1) is 5.92 Å². The van der Waals surface area contributed by atoms with Crippen LogP contribution in [-0.2, 0) is 22.5 Å². The SMILES string of the molecule is COCCN1C(=O)N[C@](Cc2cccc(OC)c2)(C2CCN(Cc3nc4ccccc4[nH]3)CC2)C1=O. The summed E-state index contributed by atoms with van der Waals surface area (Å²) in [6.45, 7) is 2.92. The molecule has 2 aliphatic heterocycles. The highest BCUT2D eigenvalue weighted by molar-refractivity contribution is 6.07. The third kappa shape index (κ3) is 4.68. The molecule has 2 aromatic carbocycles. The maximum absolute atomic E-state index is 13.8. The first-order valence-electron chi connectivity index (χ1n) is 12.4. The molecule has 2 saturated heterocycles. The molecule has 0 spiro atoms. The second-order valence-corrected chi connectivity index (χ2v) is 9.63. The Balaban J connectivity index is 1.34. The van der Waals surface area contributed by atoms with Gasteiger partial charge in [0.15, 0.2) is 0 Å². The maximum atomic E-state index is 13.8. The van der Waals surface area contributed by atoms with Crippen LogP contribution >= 0.6 is 0 Å². The van der Waals surface area contributed by atoms with Crippen molar-refractivity contribution in [2.75, 3.05) is 40.5 Å². The van der Waals surface area contributed by atoms with Gasteiger partial charge >= 0.3 is 6.03 Å². The number of hydrogen-bond donors (Lipinski definition) is 2. The molecule has 1 aromatic heterocycles. The molecular formula is C27H33N5O4. The van der Waals surface area contributed by atoms with Crippen LogP contribution in [0.2, 0.25) is 0 Å². The fourth-order valence-corrected chi connectivity index (χ4v) is 5.55. The molecule has 190 valence electrons. The maximum Gasteiger partial charge on any atom is 0.325 e. The summed E-state index contributed by atoms with van der Waals surface area (Å²) in [5.74, 6) is 1.52. The number of hydrogen-bond acceptors (Lipinski definition) is 6. The highest BCUT2D eigenvalue weighted by Gasteiger charge is 2.55. The molecule has 0 saturated carbocycles. The number of imidazole rings is 1. The van der Waals surface area contributed by atoms with Crippen molar-refractivity contribution in [3.05, 3.63) is 59.9 Å². The first kappa shape index (κ1) is 24.3. The Morgan fingerprint density at radius 3 is 2.64 bits per heavy atom. The Labute approximate surface area is 210 Å². The Morgan fingerprint density at radius 2 is 1.89 bits per heavy atom. The number of piperidine rings is 1. The Bertz CT molecular complexity index is 1200. The van der Waals surface area contributed by atoms with E-state index in [2.05, 4.69) is 15.2 Å². The second-order valence-electron chi connectivity index (χ2n) is 9.63. The zero-order chi connectivity index (χ0) is 25.1. The van der Waals surface area contributed by atoms with Gasteiger partial charge in [0.1, 0.15) is 17.1 Å². The molecule has 2 N–H and O–H groups in total. The van der Waals surface area contributed by atoms with Crippen molar-refractivity contribution in [1.82, 2.24) is 25.1 Å². The summed E-state index contributed by atoms with van der Waals surface area (Å²) < 4.78 is 10.5. The normalized spacial score (nSPS) is 21.3. The standard InChI is InChI=1S/C27H33N5O4/c1-35-15-14-32-25(33)27(30-26(32)34,17-19-6-5-7-21(16-19)36-2)20-10-12-31(13-11-20)18-24-28-22-8-3-4-9-23(22)29-24/h3-9,16,20H,10-15,17-18H2,1-2H3,(H,28,29)(H,30,34)/t27-/m1/s1. The molecule has 2 fully saturated rings. The molecule has 0 bridgehead atoms. The summed E-state index contributed by atoms with van der Waals surface area (Å²) in [5.41, 5.74) is 1.98. The number of aromatic nitrogens is 2. The first-order valence-corrected chi connectivity index (χ1v) is 12.4. The van der Waals surface area contributed by atoms with Gasteiger partial charge in [-0.15, -0.1) is 0 Å². The van der Waals surface area contributed by atoms with E-state index in [9.17, 15) is 9.59 Å². The van der Waals surface area contributed by atoms with Gasteiger partial charge in [-0.05, 0) is 61.7 Å². The molecule has 0 radical (unpaired) electrons. The van der Waals surface area contributed by atoms with Crippen LogP contribution in [0.25, 0.3) is 11.0 Å². The predicted octanol–water partition coefficient (Wildman–Crippen LogP) is 2.96. The number of carbonyl (C=O) groups is 2. The van der Waals surface area contributed by atoms with Gasteiger partial charge in [0.2, 0.25) is 0 Å². The van der Waals surface area contributed by atoms with Crippen LogP contribution in [0.5, 0.6) is 5.75 Å². The number of nitrogens with zero attached hydrogens (tertiary/aromatic N) is 3. The van der Waals surface area contributed by atoms with Crippen molar-refractivity contribution in [2.24, 2.45) is 5.92 Å². The van der Waals surface area contributed by atoms with Crippen LogP contribution in [0.1, 0.15) is 24.2 Å². The highest BCUT2D eigenvalue weighted by Crippen LogP contribution is 2.37. The minimum absolute atomic E-state index is 0.0135. The van der Waals surface area contributed by atoms with Gasteiger partial charge in [-0.3, -0.25) is 14.6 Å². The van der Waals surface area contributed by atoms with E-state index >= 15 is 0 Å². The molecular weight excluding hydrogens is 458 g/mol. The van der Waals surface area contributed by atoms with Crippen molar-refractivity contribution < 1.29 is 19.1 Å². The monoisotopic (exact) mass is 491 g/mol. The molecule has 5 rings (SSSR count). The van der Waals surface area contributed by atoms with Crippen molar-refractivity contribution in [3.8, 4) is 5.75 Å². The molecule has 9 nitrogen and oxygen atoms in total. The molecule has 0 unspecified atom stereocenters. The van der Waals surface area contributed by atoms with E-state index in [-0.39, 0.29) is 24.4 Å². The van der Waals surface area contributed by atoms with Crippen LogP contribution in [0.4, 0.5) is 4.79 Å². The molecule has 9 heteroatoms. The number of benzene rings is 2. The highest BCUT2D eigenvalue weighted by atomic mass is 16.5. The van der Waals surface area contributed by atoms with E-state index in [0.717, 1.165) is 60.6 Å². The van der Waals surface area contributed by atoms with E-state index in [1.165, 1.54) is 4.90 Å². The number of H-pyrrole nitrogens is 1. The average molecular weight is 492 g/mol. The number of fused-ring (bicyclic) bond motifs is 1. The van der Waals surface area contributed by atoms with Gasteiger partial charge in [0.25, 0.3) is 5.91 Å². The molecule has 3 amide bonds. The average Bonchev–Trinajstić information content (AvgIpc) is 3.41. The van der Waals surface area contributed by atoms with Crippen LogP contribution < -0.4 is 10.1 Å². The van der Waals surface area contributed by atoms with E-state index in [1.807, 2.05) is 48.5 Å². The zero-order valence-electron chi connectivity index (χ0n) is 20.8. The molecule has 1 atom stereocenters. The lowest BCUT2D eigenvalue weighted by atomic mass is 9.74. The number of para-hydroxylation sites is 2. The van der Waals surface area contributed by atoms with Crippen molar-refractivity contribution in [3.63, 3.8) is 0 Å². The summed E-state index contributed by atoms with van der Waals surface area (Å²) >= 11 is 0. The lowest BCUT2D eigenvalue weighted by Crippen LogP contribution is -2.57. The Morgan fingerprint density at radius 1 is 1.08 bits per heavy atom. The largest absolute Gasteiger partial charge is 0.497 e. The van der Waals surface area contributed by atoms with Gasteiger partial charge in [-0.25, -0.2) is 9.78 Å². The van der Waals surface area contributed by atoms with Crippen LogP contribution in [-0.4, -0.2) is 77.7 Å². The fraction of sp³-hybridized carbons (Fsp3) is 0.444. The lowest BCUT2D eigenvalue weighted by Gasteiger charge is -2.41. The number of carbonyl (C=O) groups excluding carboxylic acids is 2. The number of methoxy groups -OCH3 is 2. The molecule has 3 heterocycles. The van der Waals surface area contributed by atoms with Crippen molar-refractivity contribution in [1.29, 1.82) is 0 Å². The van der Waals surface area contributed by atoms with Gasteiger partial charge in [0.05, 0.1) is 37.8 Å². The molecule has 3 aromatic rings. The van der Waals surface area contributed by atoms with Gasteiger partial charge in [-0.2, -0.15) is 0 Å². The molecule has 36 heavy (non-hydrogen) atoms. The minimum atomic E-state index is -0.983. The number of ether oxygens (including phenoxy) is 2. The minimum Gasteiger partial charge on any atom is -0.497 e. The van der Waals surface area contributed by atoms with Gasteiger partial charge in [-0.1, -0.05) is 24.3 Å². The summed E-state index contributed by atoms with van der Waals surface area (Å²) in [6, 6.07) is 15.4. The number of rotatable bonds is 9. The summed E-state index contributed by atoms with van der Waals surface area (Å²) in [5, 5.41) is 3.12. The second kappa shape index (κ2) is 10.3. The summed E-state index contributed by atoms with van der Waals surface area (Å²) in [6.07, 6.45) is 2.02. The first-order chi connectivity index (χ1) is 17.5. The lowest BCUT2D eigenvalue weighted by molar-refractivity contribution is -0.134. The third-order valence-electron chi connectivity index (χ3n) is 7.43. The summed E-state index contributed by atoms with van der Waals surface area (Å²) in [7, 11) is 3.20. The predicted molar refractivity (Wildman–Crippen MR) is 136 cm³/mol. The number of aromatic amines is 1. The van der Waals surface area contributed by atoms with Crippen molar-refractivity contribution in [2.45, 2.75) is 31.3 Å². The molecule has 0 aliphatic carbocycles. The van der Waals surface area contributed by atoms with Gasteiger partial charge < -0.3 is 19.8 Å². The van der Waals surface area contributed by atoms with E-state index < -0.39 is 5.54 Å². The topological polar surface area (TPSA) is 99.8 Å². The van der Waals surface area contributed by atoms with E-state index in [0.29, 0.717) is 13.0 Å². The van der Waals surface area contributed by atoms with E-state index in [4.69, 9.17) is 14.5 Å². The number of amides is 3. The van der Waals surface area contributed by atoms with Gasteiger partial charge in [0, 0.05) is 13.5 Å². The smallest absolute Gasteiger partial charge is 0.325 e. The number of imide groups is 1. The Kier molecular flexibility index (Phi) is 6.93. The third-order valence-corrected chi connectivity index (χ3v) is 7.43. The number of urea groups is 1. The zero-order valence-corrected chi connectivity index (χ0v) is 20.8. The van der Waals surface area contributed by atoms with E-state index in [1.54, 1.807) is 14.2 Å². The van der Waals surface area contributed by atoms with Crippen molar-refractivity contribution >= 4 is 23.0 Å². The van der Waals surface area contributed by atoms with Crippen LogP contribution in [0.3, 0.4) is 0 Å². The fourth-order valence-electron chi connectivity index (χ4n) is 5.55. The molecule has 2 aliphatic rings. The summed E-state index contributed by atoms with van der Waals surface area (Å²) in [4.78, 5) is 38.5. The number of likely N-dealkylation sites (tertiary alicyclic amines) is 1. The quantitative estimate of drug-likeness (QED) is 0.447. The Hall–Kier alpha value is -3.43.